The molecule has 0 spiro atoms. The molecule has 1 aromatic heterocycles. The van der Waals surface area contributed by atoms with E-state index in [9.17, 15) is 9.59 Å². The van der Waals surface area contributed by atoms with Gasteiger partial charge in [-0.1, -0.05) is 12.1 Å². The molecule has 1 amide bonds. The van der Waals surface area contributed by atoms with Crippen molar-refractivity contribution in [3.05, 3.63) is 34.7 Å². The summed E-state index contributed by atoms with van der Waals surface area (Å²) in [6.45, 7) is 1.51. The van der Waals surface area contributed by atoms with Gasteiger partial charge in [-0.25, -0.2) is 4.79 Å². The molecular weight excluding hydrogens is 340 g/mol. The Morgan fingerprint density at radius 1 is 1.04 bits per heavy atom. The first-order chi connectivity index (χ1) is 13.2. The molecule has 27 heavy (non-hydrogen) atoms. The number of hydrogen-bond acceptors (Lipinski definition) is 3. The van der Waals surface area contributed by atoms with Crippen LogP contribution in [0.5, 0.6) is 0 Å². The molecule has 2 bridgehead atoms. The van der Waals surface area contributed by atoms with Crippen LogP contribution in [0, 0.1) is 5.92 Å². The summed E-state index contributed by atoms with van der Waals surface area (Å²) >= 11 is 0. The summed E-state index contributed by atoms with van der Waals surface area (Å²) in [5, 5.41) is 3.65. The molecule has 3 fully saturated rings. The minimum absolute atomic E-state index is 0.0360. The van der Waals surface area contributed by atoms with Gasteiger partial charge >= 0.3 is 5.69 Å². The molecule has 6 heteroatoms. The first-order valence-corrected chi connectivity index (χ1v) is 10.4. The number of carbonyl (C=O) groups is 1. The summed E-state index contributed by atoms with van der Waals surface area (Å²) in [5.74, 6) is 0.858. The van der Waals surface area contributed by atoms with Crippen LogP contribution in [0.2, 0.25) is 0 Å². The SMILES string of the molecule is O=C(CC1CC2CCC(C1)N2)N1CCC(n2c(=O)[nH]c3ccccc32)CC1. The van der Waals surface area contributed by atoms with Crippen molar-refractivity contribution in [2.45, 2.75) is 63.1 Å². The van der Waals surface area contributed by atoms with E-state index in [0.29, 0.717) is 30.3 Å². The third-order valence-corrected chi connectivity index (χ3v) is 6.84. The van der Waals surface area contributed by atoms with Crippen molar-refractivity contribution in [3.63, 3.8) is 0 Å². The molecule has 4 heterocycles. The van der Waals surface area contributed by atoms with Gasteiger partial charge in [0.15, 0.2) is 0 Å². The molecule has 3 aliphatic rings. The lowest BCUT2D eigenvalue weighted by Crippen LogP contribution is -2.43. The van der Waals surface area contributed by atoms with E-state index in [-0.39, 0.29) is 11.7 Å². The van der Waals surface area contributed by atoms with Gasteiger partial charge in [-0.3, -0.25) is 9.36 Å². The molecule has 2 atom stereocenters. The number of rotatable bonds is 3. The van der Waals surface area contributed by atoms with E-state index in [1.54, 1.807) is 0 Å². The highest BCUT2D eigenvalue weighted by atomic mass is 16.2. The number of aromatic nitrogens is 2. The van der Waals surface area contributed by atoms with Crippen molar-refractivity contribution < 1.29 is 4.79 Å². The maximum atomic E-state index is 12.8. The third-order valence-electron chi connectivity index (χ3n) is 6.84. The molecule has 0 saturated carbocycles. The first kappa shape index (κ1) is 17.0. The van der Waals surface area contributed by atoms with Gasteiger partial charge < -0.3 is 15.2 Å². The van der Waals surface area contributed by atoms with Crippen molar-refractivity contribution in [2.75, 3.05) is 13.1 Å². The van der Waals surface area contributed by atoms with E-state index in [2.05, 4.69) is 10.3 Å². The molecule has 144 valence electrons. The molecule has 2 aromatic rings. The van der Waals surface area contributed by atoms with E-state index >= 15 is 0 Å². The number of carbonyl (C=O) groups excluding carboxylic acids is 1. The van der Waals surface area contributed by atoms with E-state index in [0.717, 1.165) is 49.8 Å². The molecule has 5 rings (SSSR count). The van der Waals surface area contributed by atoms with E-state index in [1.807, 2.05) is 33.7 Å². The van der Waals surface area contributed by atoms with Crippen molar-refractivity contribution >= 4 is 16.9 Å². The van der Waals surface area contributed by atoms with Crippen molar-refractivity contribution in [2.24, 2.45) is 5.92 Å². The molecule has 2 unspecified atom stereocenters. The summed E-state index contributed by atoms with van der Waals surface area (Å²) in [6, 6.07) is 9.30. The minimum Gasteiger partial charge on any atom is -0.343 e. The zero-order valence-electron chi connectivity index (χ0n) is 15.7. The number of hydrogen-bond donors (Lipinski definition) is 2. The molecule has 0 aliphatic carbocycles. The topological polar surface area (TPSA) is 70.1 Å². The quantitative estimate of drug-likeness (QED) is 0.874. The molecule has 1 aromatic carbocycles. The van der Waals surface area contributed by atoms with Crippen molar-refractivity contribution in [1.29, 1.82) is 0 Å². The summed E-state index contributed by atoms with van der Waals surface area (Å²) in [4.78, 5) is 30.2. The van der Waals surface area contributed by atoms with Crippen LogP contribution in [0.3, 0.4) is 0 Å². The van der Waals surface area contributed by atoms with Crippen LogP contribution in [0.25, 0.3) is 11.0 Å². The number of fused-ring (bicyclic) bond motifs is 3. The fourth-order valence-electron chi connectivity index (χ4n) is 5.53. The second-order valence-corrected chi connectivity index (χ2v) is 8.61. The van der Waals surface area contributed by atoms with Crippen LogP contribution in [0.15, 0.2) is 29.1 Å². The number of H-pyrrole nitrogens is 1. The Kier molecular flexibility index (Phi) is 4.31. The average Bonchev–Trinajstić information content (AvgIpc) is 3.19. The Morgan fingerprint density at radius 3 is 2.48 bits per heavy atom. The lowest BCUT2D eigenvalue weighted by Gasteiger charge is -2.35. The van der Waals surface area contributed by atoms with Crippen LogP contribution in [-0.2, 0) is 4.79 Å². The number of likely N-dealkylation sites (tertiary alicyclic amines) is 1. The maximum Gasteiger partial charge on any atom is 0.326 e. The Hall–Kier alpha value is -2.08. The summed E-state index contributed by atoms with van der Waals surface area (Å²) in [6.07, 6.45) is 7.27. The standard InChI is InChI=1S/C21H28N4O2/c26-20(13-14-11-15-5-6-16(12-14)22-15)24-9-7-17(8-10-24)25-19-4-2-1-3-18(19)23-21(25)27/h1-4,14-17,22H,5-13H2,(H,23,27). The Bertz CT molecular complexity index is 881. The van der Waals surface area contributed by atoms with Crippen LogP contribution in [-0.4, -0.2) is 45.5 Å². The highest BCUT2D eigenvalue weighted by molar-refractivity contribution is 5.77. The molecule has 2 N–H and O–H groups in total. The smallest absolute Gasteiger partial charge is 0.326 e. The number of nitrogens with one attached hydrogen (secondary N) is 2. The normalized spacial score (nSPS) is 28.7. The molecule has 3 aliphatic heterocycles. The Morgan fingerprint density at radius 2 is 1.74 bits per heavy atom. The minimum atomic E-state index is -0.0360. The molecule has 0 radical (unpaired) electrons. The summed E-state index contributed by atoms with van der Waals surface area (Å²) in [5.41, 5.74) is 1.82. The number of amides is 1. The molecule has 6 nitrogen and oxygen atoms in total. The number of nitrogens with zero attached hydrogens (tertiary/aromatic N) is 2. The number of imidazole rings is 1. The monoisotopic (exact) mass is 368 g/mol. The van der Waals surface area contributed by atoms with Gasteiger partial charge in [-0.15, -0.1) is 0 Å². The number of piperidine rings is 2. The lowest BCUT2D eigenvalue weighted by molar-refractivity contribution is -0.133. The van der Waals surface area contributed by atoms with Gasteiger partial charge in [0.2, 0.25) is 5.91 Å². The van der Waals surface area contributed by atoms with Crippen LogP contribution in [0.1, 0.15) is 51.0 Å². The molecule has 3 saturated heterocycles. The Balaban J connectivity index is 1.22. The second kappa shape index (κ2) is 6.82. The number of aromatic amines is 1. The van der Waals surface area contributed by atoms with E-state index < -0.39 is 0 Å². The first-order valence-electron chi connectivity index (χ1n) is 10.4. The van der Waals surface area contributed by atoms with Crippen LogP contribution >= 0.6 is 0 Å². The summed E-state index contributed by atoms with van der Waals surface area (Å²) < 4.78 is 1.89. The van der Waals surface area contributed by atoms with Gasteiger partial charge in [-0.2, -0.15) is 0 Å². The highest BCUT2D eigenvalue weighted by Gasteiger charge is 2.35. The molecular formula is C21H28N4O2. The highest BCUT2D eigenvalue weighted by Crippen LogP contribution is 2.33. The number of para-hydroxylation sites is 2. The summed E-state index contributed by atoms with van der Waals surface area (Å²) in [7, 11) is 0. The predicted octanol–water partition coefficient (Wildman–Crippen LogP) is 2.41. The van der Waals surface area contributed by atoms with Crippen molar-refractivity contribution in [1.82, 2.24) is 19.8 Å². The van der Waals surface area contributed by atoms with Gasteiger partial charge in [0.05, 0.1) is 11.0 Å². The second-order valence-electron chi connectivity index (χ2n) is 8.61. The number of benzene rings is 1. The Labute approximate surface area is 158 Å². The van der Waals surface area contributed by atoms with Crippen LogP contribution < -0.4 is 11.0 Å². The van der Waals surface area contributed by atoms with Gasteiger partial charge in [-0.05, 0) is 56.6 Å². The zero-order chi connectivity index (χ0) is 18.4. The zero-order valence-corrected chi connectivity index (χ0v) is 15.7. The van der Waals surface area contributed by atoms with E-state index in [4.69, 9.17) is 0 Å². The van der Waals surface area contributed by atoms with Gasteiger partial charge in [0.1, 0.15) is 0 Å². The lowest BCUT2D eigenvalue weighted by atomic mass is 9.89. The fraction of sp³-hybridized carbons (Fsp3) is 0.619. The van der Waals surface area contributed by atoms with Crippen molar-refractivity contribution in [3.8, 4) is 0 Å². The van der Waals surface area contributed by atoms with Crippen LogP contribution in [0.4, 0.5) is 0 Å². The average molecular weight is 368 g/mol. The third kappa shape index (κ3) is 3.20. The van der Waals surface area contributed by atoms with E-state index in [1.165, 1.54) is 12.8 Å². The van der Waals surface area contributed by atoms with Gasteiger partial charge in [0, 0.05) is 37.6 Å². The largest absolute Gasteiger partial charge is 0.343 e. The van der Waals surface area contributed by atoms with Gasteiger partial charge in [0.25, 0.3) is 0 Å². The fourth-order valence-corrected chi connectivity index (χ4v) is 5.53. The maximum absolute atomic E-state index is 12.8. The predicted molar refractivity (Wildman–Crippen MR) is 105 cm³/mol.